The van der Waals surface area contributed by atoms with Gasteiger partial charge in [0.05, 0.1) is 5.41 Å². The molecule has 0 spiro atoms. The zero-order chi connectivity index (χ0) is 11.1. The molecule has 3 nitrogen and oxygen atoms in total. The highest BCUT2D eigenvalue weighted by Gasteiger charge is 2.53. The lowest BCUT2D eigenvalue weighted by atomic mass is 9.82. The van der Waals surface area contributed by atoms with Gasteiger partial charge in [0.1, 0.15) is 5.60 Å². The number of carbonyl (C=O) groups excluding carboxylic acids is 1. The van der Waals surface area contributed by atoms with Crippen molar-refractivity contribution in [1.82, 2.24) is 5.32 Å². The van der Waals surface area contributed by atoms with E-state index in [2.05, 4.69) is 5.32 Å². The molecule has 0 aromatic carbocycles. The van der Waals surface area contributed by atoms with Crippen LogP contribution in [0.3, 0.4) is 0 Å². The lowest BCUT2D eigenvalue weighted by Crippen LogP contribution is -2.42. The van der Waals surface area contributed by atoms with Gasteiger partial charge in [0.25, 0.3) is 0 Å². The van der Waals surface area contributed by atoms with Gasteiger partial charge in [-0.3, -0.25) is 4.79 Å². The average molecular weight is 211 g/mol. The summed E-state index contributed by atoms with van der Waals surface area (Å²) in [6.45, 7) is 6.78. The smallest absolute Gasteiger partial charge is 0.314 e. The fourth-order valence-corrected chi connectivity index (χ4v) is 2.86. The number of hydrogen-bond donors (Lipinski definition) is 1. The molecular formula is C12H21NO2. The maximum Gasteiger partial charge on any atom is 0.314 e. The molecule has 1 saturated carbocycles. The van der Waals surface area contributed by atoms with Crippen LogP contribution in [0.1, 0.15) is 46.5 Å². The minimum absolute atomic E-state index is 0.0162. The molecule has 15 heavy (non-hydrogen) atoms. The van der Waals surface area contributed by atoms with Crippen molar-refractivity contribution < 1.29 is 9.53 Å². The third-order valence-corrected chi connectivity index (χ3v) is 3.55. The quantitative estimate of drug-likeness (QED) is 0.673. The zero-order valence-corrected chi connectivity index (χ0v) is 9.93. The van der Waals surface area contributed by atoms with E-state index in [-0.39, 0.29) is 17.0 Å². The summed E-state index contributed by atoms with van der Waals surface area (Å²) < 4.78 is 5.55. The second kappa shape index (κ2) is 3.48. The second-order valence-corrected chi connectivity index (χ2v) is 5.81. The molecular weight excluding hydrogens is 190 g/mol. The van der Waals surface area contributed by atoms with Crippen LogP contribution in [0, 0.1) is 5.41 Å². The van der Waals surface area contributed by atoms with E-state index in [0.29, 0.717) is 6.04 Å². The first-order valence-electron chi connectivity index (χ1n) is 5.91. The van der Waals surface area contributed by atoms with Crippen molar-refractivity contribution >= 4 is 5.97 Å². The minimum atomic E-state index is -0.360. The van der Waals surface area contributed by atoms with Crippen molar-refractivity contribution in [3.05, 3.63) is 0 Å². The molecule has 1 heterocycles. The SMILES string of the molecule is CC(C)(C)OC(=O)[C@@]12CCC[C@H]1NCC2. The summed E-state index contributed by atoms with van der Waals surface area (Å²) >= 11 is 0. The van der Waals surface area contributed by atoms with Crippen molar-refractivity contribution in [2.75, 3.05) is 6.54 Å². The van der Waals surface area contributed by atoms with Crippen molar-refractivity contribution in [2.45, 2.75) is 58.1 Å². The number of carbonyl (C=O) groups is 1. The number of ether oxygens (including phenoxy) is 1. The molecule has 1 N–H and O–H groups in total. The molecule has 2 rings (SSSR count). The van der Waals surface area contributed by atoms with Crippen LogP contribution in [0.15, 0.2) is 0 Å². The third kappa shape index (κ3) is 1.89. The predicted molar refractivity (Wildman–Crippen MR) is 58.5 cm³/mol. The third-order valence-electron chi connectivity index (χ3n) is 3.55. The van der Waals surface area contributed by atoms with Gasteiger partial charge in [0.2, 0.25) is 0 Å². The molecule has 0 aromatic heterocycles. The summed E-state index contributed by atoms with van der Waals surface area (Å²) in [4.78, 5) is 12.2. The van der Waals surface area contributed by atoms with Crippen LogP contribution in [0.25, 0.3) is 0 Å². The van der Waals surface area contributed by atoms with E-state index in [1.807, 2.05) is 20.8 Å². The zero-order valence-electron chi connectivity index (χ0n) is 9.93. The molecule has 0 aromatic rings. The molecule has 3 heteroatoms. The molecule has 0 bridgehead atoms. The van der Waals surface area contributed by atoms with E-state index >= 15 is 0 Å². The summed E-state index contributed by atoms with van der Waals surface area (Å²) in [7, 11) is 0. The molecule has 86 valence electrons. The summed E-state index contributed by atoms with van der Waals surface area (Å²) in [5.74, 6) is 0.0162. The molecule has 0 amide bonds. The van der Waals surface area contributed by atoms with Gasteiger partial charge in [-0.2, -0.15) is 0 Å². The predicted octanol–water partition coefficient (Wildman–Crippen LogP) is 1.86. The normalized spacial score (nSPS) is 35.3. The number of nitrogens with one attached hydrogen (secondary N) is 1. The van der Waals surface area contributed by atoms with Crippen LogP contribution in [0.5, 0.6) is 0 Å². The van der Waals surface area contributed by atoms with Crippen molar-refractivity contribution in [2.24, 2.45) is 5.41 Å². The highest BCUT2D eigenvalue weighted by atomic mass is 16.6. The van der Waals surface area contributed by atoms with Crippen molar-refractivity contribution in [3.63, 3.8) is 0 Å². The largest absolute Gasteiger partial charge is 0.459 e. The second-order valence-electron chi connectivity index (χ2n) is 5.81. The fraction of sp³-hybridized carbons (Fsp3) is 0.917. The van der Waals surface area contributed by atoms with E-state index in [1.165, 1.54) is 0 Å². The lowest BCUT2D eigenvalue weighted by molar-refractivity contribution is -0.167. The van der Waals surface area contributed by atoms with E-state index < -0.39 is 0 Å². The Hall–Kier alpha value is -0.570. The summed E-state index contributed by atoms with van der Waals surface area (Å²) in [5.41, 5.74) is -0.561. The molecule has 0 radical (unpaired) electrons. The van der Waals surface area contributed by atoms with Gasteiger partial charge in [-0.15, -0.1) is 0 Å². The molecule has 2 fully saturated rings. The molecule has 2 aliphatic rings. The summed E-state index contributed by atoms with van der Waals surface area (Å²) in [6.07, 6.45) is 4.22. The van der Waals surface area contributed by atoms with Crippen LogP contribution in [-0.2, 0) is 9.53 Å². The van der Waals surface area contributed by atoms with Crippen LogP contribution >= 0.6 is 0 Å². The van der Waals surface area contributed by atoms with E-state index in [9.17, 15) is 4.79 Å². The van der Waals surface area contributed by atoms with Crippen molar-refractivity contribution in [3.8, 4) is 0 Å². The first-order valence-corrected chi connectivity index (χ1v) is 5.91. The van der Waals surface area contributed by atoms with Gasteiger partial charge in [-0.1, -0.05) is 6.42 Å². The van der Waals surface area contributed by atoms with Gasteiger partial charge in [0.15, 0.2) is 0 Å². The fourth-order valence-electron chi connectivity index (χ4n) is 2.86. The Labute approximate surface area is 91.6 Å². The number of rotatable bonds is 1. The lowest BCUT2D eigenvalue weighted by Gasteiger charge is -2.30. The first-order chi connectivity index (χ1) is 6.94. The summed E-state index contributed by atoms with van der Waals surface area (Å²) in [6, 6.07) is 0.368. The Bertz CT molecular complexity index is 257. The maximum absolute atomic E-state index is 12.2. The topological polar surface area (TPSA) is 38.3 Å². The van der Waals surface area contributed by atoms with Crippen LogP contribution in [0.4, 0.5) is 0 Å². The van der Waals surface area contributed by atoms with E-state index in [0.717, 1.165) is 32.2 Å². The van der Waals surface area contributed by atoms with E-state index in [4.69, 9.17) is 4.74 Å². The van der Waals surface area contributed by atoms with Gasteiger partial charge in [-0.05, 0) is 46.6 Å². The Morgan fingerprint density at radius 3 is 2.80 bits per heavy atom. The highest BCUT2D eigenvalue weighted by Crippen LogP contribution is 2.46. The molecule has 0 unspecified atom stereocenters. The maximum atomic E-state index is 12.2. The highest BCUT2D eigenvalue weighted by molar-refractivity contribution is 5.79. The Kier molecular flexibility index (Phi) is 2.53. The average Bonchev–Trinajstić information content (AvgIpc) is 2.55. The van der Waals surface area contributed by atoms with Crippen molar-refractivity contribution in [1.29, 1.82) is 0 Å². The minimum Gasteiger partial charge on any atom is -0.459 e. The van der Waals surface area contributed by atoms with Gasteiger partial charge >= 0.3 is 5.97 Å². The van der Waals surface area contributed by atoms with Crippen LogP contribution < -0.4 is 5.32 Å². The number of hydrogen-bond acceptors (Lipinski definition) is 3. The molecule has 1 aliphatic heterocycles. The Morgan fingerprint density at radius 1 is 1.40 bits per heavy atom. The van der Waals surface area contributed by atoms with Crippen LogP contribution in [-0.4, -0.2) is 24.2 Å². The molecule has 1 aliphatic carbocycles. The number of esters is 1. The first kappa shape index (κ1) is 10.9. The standard InChI is InChI=1S/C12H21NO2/c1-11(2,3)15-10(14)12-6-4-5-9(12)13-8-7-12/h9,13H,4-8H2,1-3H3/t9-,12-/m1/s1. The van der Waals surface area contributed by atoms with E-state index in [1.54, 1.807) is 0 Å². The summed E-state index contributed by atoms with van der Waals surface area (Å²) in [5, 5.41) is 3.43. The Morgan fingerprint density at radius 2 is 2.13 bits per heavy atom. The monoisotopic (exact) mass is 211 g/mol. The van der Waals surface area contributed by atoms with Crippen LogP contribution in [0.2, 0.25) is 0 Å². The number of fused-ring (bicyclic) bond motifs is 1. The Balaban J connectivity index is 2.11. The molecule has 2 atom stereocenters. The van der Waals surface area contributed by atoms with Gasteiger partial charge < -0.3 is 10.1 Å². The van der Waals surface area contributed by atoms with Gasteiger partial charge in [-0.25, -0.2) is 0 Å². The molecule has 1 saturated heterocycles. The van der Waals surface area contributed by atoms with Gasteiger partial charge in [0, 0.05) is 6.04 Å².